The van der Waals surface area contributed by atoms with Gasteiger partial charge in [-0.1, -0.05) is 11.6 Å². The van der Waals surface area contributed by atoms with Crippen molar-refractivity contribution in [1.29, 1.82) is 0 Å². The second kappa shape index (κ2) is 8.34. The monoisotopic (exact) mass is 481 g/mol. The summed E-state index contributed by atoms with van der Waals surface area (Å²) in [5, 5.41) is 13.0. The number of nitrogens with one attached hydrogen (secondary N) is 2. The van der Waals surface area contributed by atoms with E-state index in [0.29, 0.717) is 29.8 Å². The van der Waals surface area contributed by atoms with Gasteiger partial charge in [-0.05, 0) is 60.9 Å². The minimum Gasteiger partial charge on any atom is -0.372 e. The van der Waals surface area contributed by atoms with Crippen molar-refractivity contribution in [2.75, 3.05) is 16.2 Å². The average molecular weight is 482 g/mol. The highest BCUT2D eigenvalue weighted by Crippen LogP contribution is 2.32. The molecule has 2 amide bonds. The molecular weight excluding hydrogens is 461 g/mol. The van der Waals surface area contributed by atoms with Crippen molar-refractivity contribution in [3.63, 3.8) is 0 Å². The van der Waals surface area contributed by atoms with Crippen LogP contribution in [0.25, 0.3) is 0 Å². The molecule has 2 aromatic carbocycles. The first kappa shape index (κ1) is 22.5. The van der Waals surface area contributed by atoms with Gasteiger partial charge in [0.25, 0.3) is 11.8 Å². The Hall–Kier alpha value is -2.69. The molecule has 32 heavy (non-hydrogen) atoms. The van der Waals surface area contributed by atoms with Crippen LogP contribution in [0.1, 0.15) is 24.8 Å². The van der Waals surface area contributed by atoms with E-state index in [-0.39, 0.29) is 29.8 Å². The van der Waals surface area contributed by atoms with Crippen LogP contribution in [0.3, 0.4) is 0 Å². The minimum absolute atomic E-state index is 0.0989. The number of rotatable bonds is 7. The van der Waals surface area contributed by atoms with Gasteiger partial charge in [0.05, 0.1) is 5.25 Å². The summed E-state index contributed by atoms with van der Waals surface area (Å²) in [5.74, 6) is -2.25. The van der Waals surface area contributed by atoms with Crippen LogP contribution in [0.5, 0.6) is 0 Å². The molecule has 1 saturated carbocycles. The highest BCUT2D eigenvalue weighted by molar-refractivity contribution is 7.93. The quantitative estimate of drug-likeness (QED) is 0.524. The smallest absolute Gasteiger partial charge is 0.268 e. The minimum atomic E-state index is -3.40. The highest BCUT2D eigenvalue weighted by Gasteiger charge is 2.51. The van der Waals surface area contributed by atoms with Crippen molar-refractivity contribution in [3.8, 4) is 0 Å². The summed E-state index contributed by atoms with van der Waals surface area (Å²) in [7, 11) is -3.40. The van der Waals surface area contributed by atoms with Crippen molar-refractivity contribution >= 4 is 44.8 Å². The lowest BCUT2D eigenvalue weighted by Gasteiger charge is -2.22. The van der Waals surface area contributed by atoms with Gasteiger partial charge in [0.2, 0.25) is 15.6 Å². The van der Waals surface area contributed by atoms with Crippen molar-refractivity contribution in [3.05, 3.63) is 58.9 Å². The Balaban J connectivity index is 1.41. The summed E-state index contributed by atoms with van der Waals surface area (Å²) < 4.78 is 40.0. The number of hydrogen-bond donors (Lipinski definition) is 3. The van der Waals surface area contributed by atoms with E-state index in [0.717, 1.165) is 6.07 Å². The van der Waals surface area contributed by atoms with Crippen molar-refractivity contribution < 1.29 is 27.5 Å². The zero-order chi connectivity index (χ0) is 23.1. The molecule has 4 rings (SSSR count). The molecule has 0 unspecified atom stereocenters. The fourth-order valence-corrected chi connectivity index (χ4v) is 5.17. The lowest BCUT2D eigenvalue weighted by atomic mass is 10.0. The maximum Gasteiger partial charge on any atom is 0.268 e. The van der Waals surface area contributed by atoms with Gasteiger partial charge in [-0.25, -0.2) is 12.8 Å². The van der Waals surface area contributed by atoms with Crippen molar-refractivity contribution in [1.82, 2.24) is 5.32 Å². The zero-order valence-corrected chi connectivity index (χ0v) is 18.4. The molecule has 1 atom stereocenters. The molecule has 11 heteroatoms. The molecule has 3 N–H and O–H groups in total. The summed E-state index contributed by atoms with van der Waals surface area (Å²) in [6, 6.07) is 9.92. The van der Waals surface area contributed by atoms with Gasteiger partial charge in [0, 0.05) is 35.9 Å². The fourth-order valence-electron chi connectivity index (χ4n) is 3.54. The molecule has 8 nitrogen and oxygen atoms in total. The van der Waals surface area contributed by atoms with E-state index in [1.807, 2.05) is 0 Å². The molecule has 170 valence electrons. The van der Waals surface area contributed by atoms with E-state index >= 15 is 0 Å². The number of nitrogens with zero attached hydrogens (tertiary/aromatic N) is 1. The Kier molecular flexibility index (Phi) is 5.87. The van der Waals surface area contributed by atoms with E-state index in [1.165, 1.54) is 29.2 Å². The van der Waals surface area contributed by atoms with Crippen LogP contribution >= 0.6 is 11.6 Å². The Morgan fingerprint density at radius 3 is 2.53 bits per heavy atom. The van der Waals surface area contributed by atoms with Crippen molar-refractivity contribution in [2.45, 2.75) is 36.7 Å². The molecule has 0 aromatic heterocycles. The first-order valence-corrected chi connectivity index (χ1v) is 11.9. The molecule has 1 heterocycles. The van der Waals surface area contributed by atoms with E-state index < -0.39 is 33.3 Å². The first-order valence-electron chi connectivity index (χ1n) is 9.98. The summed E-state index contributed by atoms with van der Waals surface area (Å²) in [4.78, 5) is 26.7. The summed E-state index contributed by atoms with van der Waals surface area (Å²) in [6.45, 7) is -0.0105. The Morgan fingerprint density at radius 1 is 1.22 bits per heavy atom. The van der Waals surface area contributed by atoms with Crippen LogP contribution < -0.4 is 14.9 Å². The molecule has 2 aliphatic rings. The van der Waals surface area contributed by atoms with Gasteiger partial charge < -0.3 is 15.3 Å². The Bertz CT molecular complexity index is 1150. The molecular formula is C21H21ClFN3O5S. The second-order valence-electron chi connectivity index (χ2n) is 7.92. The predicted molar refractivity (Wildman–Crippen MR) is 117 cm³/mol. The maximum atomic E-state index is 13.4. The molecule has 2 aromatic rings. The normalized spacial score (nSPS) is 21.0. The number of anilines is 2. The lowest BCUT2D eigenvalue weighted by Crippen LogP contribution is -2.52. The molecule has 1 aliphatic carbocycles. The molecule has 1 aliphatic heterocycles. The third-order valence-electron chi connectivity index (χ3n) is 5.45. The Labute approximate surface area is 189 Å². The van der Waals surface area contributed by atoms with Crippen LogP contribution in [-0.2, 0) is 26.2 Å². The van der Waals surface area contributed by atoms with Gasteiger partial charge in [0.15, 0.2) is 0 Å². The Morgan fingerprint density at radius 2 is 1.91 bits per heavy atom. The topological polar surface area (TPSA) is 116 Å². The van der Waals surface area contributed by atoms with Crippen LogP contribution in [0.15, 0.2) is 42.5 Å². The van der Waals surface area contributed by atoms with E-state index in [9.17, 15) is 27.5 Å². The molecule has 2 fully saturated rings. The van der Waals surface area contributed by atoms with Gasteiger partial charge >= 0.3 is 0 Å². The van der Waals surface area contributed by atoms with Crippen LogP contribution in [0.2, 0.25) is 5.02 Å². The molecule has 0 spiro atoms. The number of aliphatic hydroxyl groups is 1. The number of halogens is 2. The van der Waals surface area contributed by atoms with Crippen molar-refractivity contribution in [2.24, 2.45) is 0 Å². The van der Waals surface area contributed by atoms with Crippen LogP contribution in [0, 0.1) is 5.82 Å². The molecule has 1 saturated heterocycles. The van der Waals surface area contributed by atoms with Gasteiger partial charge in [-0.15, -0.1) is 0 Å². The van der Waals surface area contributed by atoms with E-state index in [1.54, 1.807) is 12.1 Å². The third-order valence-corrected chi connectivity index (χ3v) is 7.54. The van der Waals surface area contributed by atoms with Gasteiger partial charge in [0.1, 0.15) is 5.82 Å². The number of amides is 2. The number of carbonyl (C=O) groups excluding carboxylic acids is 2. The predicted octanol–water partition coefficient (Wildman–Crippen LogP) is 2.17. The average Bonchev–Trinajstić information content (AvgIpc) is 3.54. The number of carbonyl (C=O) groups is 2. The molecule has 0 radical (unpaired) electrons. The van der Waals surface area contributed by atoms with Crippen LogP contribution in [0.4, 0.5) is 15.8 Å². The number of hydrogen-bond acceptors (Lipinski definition) is 5. The zero-order valence-electron chi connectivity index (χ0n) is 16.8. The fraction of sp³-hybridized carbons (Fsp3) is 0.333. The first-order chi connectivity index (χ1) is 15.1. The SMILES string of the molecule is O=C(NCc1cc(F)cc(Cl)c1)[C@@]1(O)CCN(c2ccc(NS(=O)(=O)C3CC3)cc2)C1=O. The van der Waals surface area contributed by atoms with Gasteiger partial charge in [-0.3, -0.25) is 14.3 Å². The summed E-state index contributed by atoms with van der Waals surface area (Å²) in [6.07, 6.45) is 1.16. The maximum absolute atomic E-state index is 13.4. The lowest BCUT2D eigenvalue weighted by molar-refractivity contribution is -0.149. The largest absolute Gasteiger partial charge is 0.372 e. The summed E-state index contributed by atoms with van der Waals surface area (Å²) >= 11 is 5.79. The third kappa shape index (κ3) is 4.57. The van der Waals surface area contributed by atoms with E-state index in [4.69, 9.17) is 11.6 Å². The number of sulfonamides is 1. The number of benzene rings is 2. The van der Waals surface area contributed by atoms with Gasteiger partial charge in [-0.2, -0.15) is 0 Å². The second-order valence-corrected chi connectivity index (χ2v) is 10.3. The standard InChI is InChI=1S/C21H21ClFN3O5S/c22-14-9-13(10-15(23)11-14)12-24-19(27)21(29)7-8-26(20(21)28)17-3-1-16(2-4-17)25-32(30,31)18-5-6-18/h1-4,9-11,18,25,29H,5-8,12H2,(H,24,27)/t21-/m0/s1. The molecule has 0 bridgehead atoms. The van der Waals surface area contributed by atoms with E-state index in [2.05, 4.69) is 10.0 Å². The summed E-state index contributed by atoms with van der Waals surface area (Å²) in [5.41, 5.74) is -1.08. The highest BCUT2D eigenvalue weighted by atomic mass is 35.5. The van der Waals surface area contributed by atoms with Crippen LogP contribution in [-0.4, -0.2) is 42.7 Å².